The number of rotatable bonds is 17. The largest absolute Gasteiger partial charge is 0.495 e. The average molecular weight is 631 g/mol. The number of ether oxygens (including phenoxy) is 8. The van der Waals surface area contributed by atoms with Crippen LogP contribution < -0.4 is 0 Å². The first-order chi connectivity index (χ1) is 22.5. The molecule has 4 aliphatic heterocycles. The lowest BCUT2D eigenvalue weighted by Gasteiger charge is -2.48. The second-order valence-electron chi connectivity index (χ2n) is 13.5. The van der Waals surface area contributed by atoms with Gasteiger partial charge in [0.2, 0.25) is 0 Å². The summed E-state index contributed by atoms with van der Waals surface area (Å²) < 4.78 is 52.9. The van der Waals surface area contributed by atoms with Crippen LogP contribution in [0.5, 0.6) is 0 Å². The van der Waals surface area contributed by atoms with Crippen LogP contribution in [-0.4, -0.2) is 73.2 Å². The van der Waals surface area contributed by atoms with E-state index in [-0.39, 0.29) is 24.4 Å². The number of allylic oxidation sites excluding steroid dienone is 8. The van der Waals surface area contributed by atoms with Gasteiger partial charge in [0.15, 0.2) is 0 Å². The summed E-state index contributed by atoms with van der Waals surface area (Å²) in [5.74, 6) is 3.37. The van der Waals surface area contributed by atoms with Gasteiger partial charge in [-0.15, -0.1) is 0 Å². The fourth-order valence-electron chi connectivity index (χ4n) is 8.51. The summed E-state index contributed by atoms with van der Waals surface area (Å²) in [4.78, 5) is 0. The first-order valence-electron chi connectivity index (χ1n) is 17.3. The SMILES string of the molecule is CCCOC1=CC=CC2(CC(C34C=CC=C(OCCC)C3O4)(C34C=CC=C(OCCC)C3O4)C34C=CC=C(OCCC)C3O4)OC12. The van der Waals surface area contributed by atoms with E-state index < -0.39 is 27.8 Å². The summed E-state index contributed by atoms with van der Waals surface area (Å²) in [6.07, 6.45) is 28.4. The summed E-state index contributed by atoms with van der Waals surface area (Å²) in [6.45, 7) is 11.0. The second kappa shape index (κ2) is 11.0. The lowest BCUT2D eigenvalue weighted by atomic mass is 9.50. The molecule has 0 spiro atoms. The molecule has 46 heavy (non-hydrogen) atoms. The highest BCUT2D eigenvalue weighted by atomic mass is 16.7. The summed E-state index contributed by atoms with van der Waals surface area (Å²) in [5.41, 5.74) is -3.89. The van der Waals surface area contributed by atoms with E-state index in [1.54, 1.807) is 0 Å². The van der Waals surface area contributed by atoms with Crippen molar-refractivity contribution in [3.63, 3.8) is 0 Å². The topological polar surface area (TPSA) is 87.0 Å². The molecule has 8 heteroatoms. The van der Waals surface area contributed by atoms with Crippen molar-refractivity contribution in [2.45, 2.75) is 107 Å². The molecule has 0 aromatic carbocycles. The van der Waals surface area contributed by atoms with Crippen molar-refractivity contribution in [3.8, 4) is 0 Å². The van der Waals surface area contributed by atoms with Crippen molar-refractivity contribution in [1.29, 1.82) is 0 Å². The molecule has 8 aliphatic rings. The van der Waals surface area contributed by atoms with Crippen molar-refractivity contribution >= 4 is 0 Å². The van der Waals surface area contributed by atoms with Gasteiger partial charge < -0.3 is 37.9 Å². The van der Waals surface area contributed by atoms with Crippen LogP contribution in [0.15, 0.2) is 95.9 Å². The lowest BCUT2D eigenvalue weighted by Crippen LogP contribution is -2.63. The fourth-order valence-corrected chi connectivity index (χ4v) is 8.51. The third kappa shape index (κ3) is 4.12. The molecule has 0 radical (unpaired) electrons. The summed E-state index contributed by atoms with van der Waals surface area (Å²) >= 11 is 0. The molecule has 8 unspecified atom stereocenters. The molecule has 0 saturated carbocycles. The number of fused-ring (bicyclic) bond motifs is 4. The molecule has 4 heterocycles. The molecule has 8 nitrogen and oxygen atoms in total. The van der Waals surface area contributed by atoms with Gasteiger partial charge in [-0.2, -0.15) is 0 Å². The Bertz CT molecular complexity index is 1370. The molecule has 0 amide bonds. The highest BCUT2D eigenvalue weighted by Gasteiger charge is 2.94. The molecule has 4 fully saturated rings. The Morgan fingerprint density at radius 3 is 1.22 bits per heavy atom. The Balaban J connectivity index is 1.27. The second-order valence-corrected chi connectivity index (χ2v) is 13.5. The molecule has 4 aliphatic carbocycles. The smallest absolute Gasteiger partial charge is 0.149 e. The van der Waals surface area contributed by atoms with E-state index in [2.05, 4.69) is 76.3 Å². The van der Waals surface area contributed by atoms with E-state index in [0.29, 0.717) is 32.8 Å². The Labute approximate surface area is 272 Å². The maximum absolute atomic E-state index is 7.01. The summed E-state index contributed by atoms with van der Waals surface area (Å²) in [5, 5.41) is 0. The van der Waals surface area contributed by atoms with Crippen LogP contribution in [0, 0.1) is 5.41 Å². The van der Waals surface area contributed by atoms with Crippen LogP contribution >= 0.6 is 0 Å². The van der Waals surface area contributed by atoms with Gasteiger partial charge in [0, 0.05) is 0 Å². The average Bonchev–Trinajstić information content (AvgIpc) is 3.91. The molecule has 0 aromatic rings. The Morgan fingerprint density at radius 1 is 0.500 bits per heavy atom. The zero-order chi connectivity index (χ0) is 31.6. The van der Waals surface area contributed by atoms with Crippen LogP contribution in [0.3, 0.4) is 0 Å². The van der Waals surface area contributed by atoms with Crippen LogP contribution in [-0.2, 0) is 37.9 Å². The van der Waals surface area contributed by atoms with E-state index in [0.717, 1.165) is 48.7 Å². The van der Waals surface area contributed by atoms with Crippen LogP contribution in [0.25, 0.3) is 0 Å². The zero-order valence-corrected chi connectivity index (χ0v) is 27.4. The third-order valence-corrected chi connectivity index (χ3v) is 10.6. The Morgan fingerprint density at radius 2 is 0.848 bits per heavy atom. The van der Waals surface area contributed by atoms with Gasteiger partial charge >= 0.3 is 0 Å². The summed E-state index contributed by atoms with van der Waals surface area (Å²) in [6, 6.07) is 0. The quantitative estimate of drug-likeness (QED) is 0.170. The van der Waals surface area contributed by atoms with Crippen molar-refractivity contribution < 1.29 is 37.9 Å². The van der Waals surface area contributed by atoms with E-state index in [4.69, 9.17) is 37.9 Å². The minimum Gasteiger partial charge on any atom is -0.495 e. The van der Waals surface area contributed by atoms with E-state index >= 15 is 0 Å². The van der Waals surface area contributed by atoms with Gasteiger partial charge in [0.25, 0.3) is 0 Å². The number of hydrogen-bond acceptors (Lipinski definition) is 8. The normalized spacial score (nSPS) is 40.9. The molecule has 0 aromatic heterocycles. The molecular weight excluding hydrogens is 584 g/mol. The molecule has 8 rings (SSSR count). The number of epoxide rings is 4. The van der Waals surface area contributed by atoms with Gasteiger partial charge in [-0.25, -0.2) is 0 Å². The number of hydrogen-bond donors (Lipinski definition) is 0. The predicted octanol–water partition coefficient (Wildman–Crippen LogP) is 6.43. The predicted molar refractivity (Wildman–Crippen MR) is 171 cm³/mol. The molecule has 8 atom stereocenters. The fraction of sp³-hybridized carbons (Fsp3) is 0.579. The lowest BCUT2D eigenvalue weighted by molar-refractivity contribution is -0.0255. The van der Waals surface area contributed by atoms with Crippen molar-refractivity contribution in [2.75, 3.05) is 26.4 Å². The highest BCUT2D eigenvalue weighted by molar-refractivity contribution is 5.57. The first-order valence-corrected chi connectivity index (χ1v) is 17.3. The van der Waals surface area contributed by atoms with Gasteiger partial charge in [-0.05, 0) is 80.7 Å². The minimum atomic E-state index is -0.831. The van der Waals surface area contributed by atoms with Gasteiger partial charge in [0.05, 0.1) is 31.8 Å². The standard InChI is InChI=1S/C38H46O8/c1-5-21-39-26-13-9-17-34(30(26)43-34)25-38(35-18-10-14-27(31(35)44-35)40-22-6-2,36-19-11-15-28(32(36)45-36)41-23-7-3)37-20-12-16-29(33(37)46-37)42-24-8-4/h9-20,30-33H,5-8,21-25H2,1-4H3. The van der Waals surface area contributed by atoms with Gasteiger partial charge in [0.1, 0.15) is 69.9 Å². The zero-order valence-electron chi connectivity index (χ0n) is 27.4. The monoisotopic (exact) mass is 630 g/mol. The Hall–Kier alpha value is -3.04. The van der Waals surface area contributed by atoms with Gasteiger partial charge in [-0.3, -0.25) is 0 Å². The van der Waals surface area contributed by atoms with Crippen LogP contribution in [0.1, 0.15) is 59.8 Å². The van der Waals surface area contributed by atoms with Gasteiger partial charge in [-0.1, -0.05) is 52.0 Å². The Kier molecular flexibility index (Phi) is 7.25. The molecule has 246 valence electrons. The van der Waals surface area contributed by atoms with E-state index in [1.807, 2.05) is 24.3 Å². The van der Waals surface area contributed by atoms with Crippen molar-refractivity contribution in [1.82, 2.24) is 0 Å². The van der Waals surface area contributed by atoms with E-state index in [9.17, 15) is 0 Å². The highest BCUT2D eigenvalue weighted by Crippen LogP contribution is 2.80. The van der Waals surface area contributed by atoms with Crippen LogP contribution in [0.4, 0.5) is 0 Å². The maximum atomic E-state index is 7.01. The molecule has 0 N–H and O–H groups in total. The maximum Gasteiger partial charge on any atom is 0.149 e. The molecular formula is C38H46O8. The third-order valence-electron chi connectivity index (χ3n) is 10.6. The minimum absolute atomic E-state index is 0.198. The summed E-state index contributed by atoms with van der Waals surface area (Å²) in [7, 11) is 0. The molecule has 4 saturated heterocycles. The molecule has 0 bridgehead atoms. The van der Waals surface area contributed by atoms with Crippen molar-refractivity contribution in [2.24, 2.45) is 5.41 Å². The van der Waals surface area contributed by atoms with Crippen LogP contribution in [0.2, 0.25) is 0 Å². The first kappa shape index (κ1) is 30.3. The van der Waals surface area contributed by atoms with Crippen molar-refractivity contribution in [3.05, 3.63) is 95.9 Å². The van der Waals surface area contributed by atoms with E-state index in [1.165, 1.54) is 0 Å².